The van der Waals surface area contributed by atoms with Crippen LogP contribution in [-0.4, -0.2) is 47.1 Å². The molecule has 0 aliphatic carbocycles. The van der Waals surface area contributed by atoms with E-state index < -0.39 is 11.5 Å². The van der Waals surface area contributed by atoms with Crippen LogP contribution in [0.4, 0.5) is 0 Å². The lowest BCUT2D eigenvalue weighted by atomic mass is 9.86. The molecule has 0 radical (unpaired) electrons. The maximum atomic E-state index is 12.5. The van der Waals surface area contributed by atoms with Crippen molar-refractivity contribution >= 4 is 11.9 Å². The zero-order valence-corrected chi connectivity index (χ0v) is 10.9. The zero-order valence-electron chi connectivity index (χ0n) is 10.9. The fourth-order valence-corrected chi connectivity index (χ4v) is 2.98. The van der Waals surface area contributed by atoms with Crippen LogP contribution in [0.5, 0.6) is 0 Å². The number of carbonyl (C=O) groups is 2. The van der Waals surface area contributed by atoms with Crippen LogP contribution in [-0.2, 0) is 9.59 Å². The number of aliphatic carboxylic acids is 1. The van der Waals surface area contributed by atoms with Crippen molar-refractivity contribution in [3.63, 3.8) is 0 Å². The minimum absolute atomic E-state index is 0.0202. The molecule has 2 N–H and O–H groups in total. The van der Waals surface area contributed by atoms with Gasteiger partial charge in [-0.05, 0) is 45.6 Å². The predicted molar refractivity (Wildman–Crippen MR) is 67.2 cm³/mol. The lowest BCUT2D eigenvalue weighted by Gasteiger charge is -2.43. The molecular formula is C13H22N2O3. The number of nitrogens with one attached hydrogen (secondary N) is 1. The lowest BCUT2D eigenvalue weighted by Crippen LogP contribution is -2.59. The molecule has 5 heteroatoms. The first-order valence-electron chi connectivity index (χ1n) is 6.81. The number of likely N-dealkylation sites (tertiary alicyclic amines) is 1. The molecule has 0 aromatic rings. The molecule has 2 saturated heterocycles. The monoisotopic (exact) mass is 254 g/mol. The average molecular weight is 254 g/mol. The summed E-state index contributed by atoms with van der Waals surface area (Å²) >= 11 is 0. The maximum Gasteiger partial charge on any atom is 0.329 e. The summed E-state index contributed by atoms with van der Waals surface area (Å²) in [6, 6.07) is 0. The van der Waals surface area contributed by atoms with E-state index in [1.54, 1.807) is 11.8 Å². The molecule has 2 fully saturated rings. The molecule has 1 amide bonds. The second-order valence-electron chi connectivity index (χ2n) is 5.57. The molecular weight excluding hydrogens is 232 g/mol. The van der Waals surface area contributed by atoms with E-state index >= 15 is 0 Å². The summed E-state index contributed by atoms with van der Waals surface area (Å²) in [4.78, 5) is 25.6. The number of carboxylic acid groups (broad SMARTS) is 1. The van der Waals surface area contributed by atoms with E-state index in [1.165, 1.54) is 0 Å². The van der Waals surface area contributed by atoms with Gasteiger partial charge in [0.25, 0.3) is 0 Å². The number of carbonyl (C=O) groups excluding carboxylic acids is 1. The molecule has 102 valence electrons. The summed E-state index contributed by atoms with van der Waals surface area (Å²) in [5.74, 6) is -0.901. The van der Waals surface area contributed by atoms with Gasteiger partial charge in [0.05, 0.1) is 5.92 Å². The Morgan fingerprint density at radius 2 is 2.11 bits per heavy atom. The number of rotatable bonds is 2. The number of carboxylic acids is 1. The van der Waals surface area contributed by atoms with Crippen LogP contribution < -0.4 is 5.32 Å². The summed E-state index contributed by atoms with van der Waals surface area (Å²) in [7, 11) is 0. The van der Waals surface area contributed by atoms with E-state index in [1.807, 2.05) is 0 Å². The highest BCUT2D eigenvalue weighted by atomic mass is 16.4. The van der Waals surface area contributed by atoms with Gasteiger partial charge < -0.3 is 15.3 Å². The first kappa shape index (κ1) is 13.3. The Labute approximate surface area is 108 Å². The number of hydrogen-bond donors (Lipinski definition) is 2. The van der Waals surface area contributed by atoms with Gasteiger partial charge in [0.1, 0.15) is 5.54 Å². The average Bonchev–Trinajstić information content (AvgIpc) is 2.39. The molecule has 0 aromatic heterocycles. The van der Waals surface area contributed by atoms with Crippen molar-refractivity contribution in [3.05, 3.63) is 0 Å². The molecule has 2 aliphatic heterocycles. The molecule has 0 saturated carbocycles. The standard InChI is InChI=1S/C13H22N2O3/c1-13(12(17)18)6-2-3-8-15(13)11(16)10-5-4-7-14-9-10/h10,14H,2-9H2,1H3,(H,17,18)/t10-,13?/m0/s1. The van der Waals surface area contributed by atoms with Crippen molar-refractivity contribution < 1.29 is 14.7 Å². The normalized spacial score (nSPS) is 33.2. The third-order valence-electron chi connectivity index (χ3n) is 4.26. The second kappa shape index (κ2) is 5.26. The van der Waals surface area contributed by atoms with Crippen LogP contribution in [0.2, 0.25) is 0 Å². The van der Waals surface area contributed by atoms with Crippen LogP contribution in [0.1, 0.15) is 39.0 Å². The quantitative estimate of drug-likeness (QED) is 0.766. The van der Waals surface area contributed by atoms with Crippen molar-refractivity contribution in [1.82, 2.24) is 10.2 Å². The van der Waals surface area contributed by atoms with Gasteiger partial charge in [0, 0.05) is 13.1 Å². The van der Waals surface area contributed by atoms with Crippen LogP contribution >= 0.6 is 0 Å². The van der Waals surface area contributed by atoms with Crippen molar-refractivity contribution in [2.75, 3.05) is 19.6 Å². The third kappa shape index (κ3) is 2.36. The fraction of sp³-hybridized carbons (Fsp3) is 0.846. The molecule has 0 bridgehead atoms. The molecule has 2 rings (SSSR count). The van der Waals surface area contributed by atoms with E-state index in [2.05, 4.69) is 5.32 Å². The Bertz CT molecular complexity index is 339. The Hall–Kier alpha value is -1.10. The van der Waals surface area contributed by atoms with Gasteiger partial charge in [-0.3, -0.25) is 4.79 Å². The molecule has 2 atom stereocenters. The molecule has 2 aliphatic rings. The Morgan fingerprint density at radius 1 is 1.33 bits per heavy atom. The number of piperidine rings is 2. The zero-order chi connectivity index (χ0) is 13.2. The van der Waals surface area contributed by atoms with Crippen molar-refractivity contribution in [2.24, 2.45) is 5.92 Å². The van der Waals surface area contributed by atoms with Crippen molar-refractivity contribution in [1.29, 1.82) is 0 Å². The maximum absolute atomic E-state index is 12.5. The highest BCUT2D eigenvalue weighted by Crippen LogP contribution is 2.30. The fourth-order valence-electron chi connectivity index (χ4n) is 2.98. The van der Waals surface area contributed by atoms with Crippen LogP contribution in [0.3, 0.4) is 0 Å². The first-order valence-corrected chi connectivity index (χ1v) is 6.81. The van der Waals surface area contributed by atoms with E-state index in [9.17, 15) is 14.7 Å². The first-order chi connectivity index (χ1) is 8.55. The minimum atomic E-state index is -1.01. The topological polar surface area (TPSA) is 69.6 Å². The van der Waals surface area contributed by atoms with E-state index in [4.69, 9.17) is 0 Å². The largest absolute Gasteiger partial charge is 0.480 e. The third-order valence-corrected chi connectivity index (χ3v) is 4.26. The van der Waals surface area contributed by atoms with Gasteiger partial charge in [0.15, 0.2) is 0 Å². The number of amides is 1. The lowest BCUT2D eigenvalue weighted by molar-refractivity contribution is -0.163. The van der Waals surface area contributed by atoms with Gasteiger partial charge in [-0.15, -0.1) is 0 Å². The molecule has 2 heterocycles. The Balaban J connectivity index is 2.13. The summed E-state index contributed by atoms with van der Waals surface area (Å²) in [5.41, 5.74) is -1.01. The van der Waals surface area contributed by atoms with E-state index in [0.29, 0.717) is 19.5 Å². The second-order valence-corrected chi connectivity index (χ2v) is 5.57. The SMILES string of the molecule is CC1(C(=O)O)CCCCN1C(=O)[C@H]1CCCNC1. The highest BCUT2D eigenvalue weighted by molar-refractivity contribution is 5.88. The van der Waals surface area contributed by atoms with E-state index in [-0.39, 0.29) is 11.8 Å². The van der Waals surface area contributed by atoms with Crippen molar-refractivity contribution in [3.8, 4) is 0 Å². The summed E-state index contributed by atoms with van der Waals surface area (Å²) < 4.78 is 0. The Morgan fingerprint density at radius 3 is 2.72 bits per heavy atom. The van der Waals surface area contributed by atoms with E-state index in [0.717, 1.165) is 32.2 Å². The molecule has 0 spiro atoms. The smallest absolute Gasteiger partial charge is 0.329 e. The van der Waals surface area contributed by atoms with Crippen LogP contribution in [0.15, 0.2) is 0 Å². The molecule has 1 unspecified atom stereocenters. The molecule has 0 aromatic carbocycles. The van der Waals surface area contributed by atoms with Crippen LogP contribution in [0.25, 0.3) is 0 Å². The van der Waals surface area contributed by atoms with Crippen LogP contribution in [0, 0.1) is 5.92 Å². The van der Waals surface area contributed by atoms with Gasteiger partial charge in [-0.2, -0.15) is 0 Å². The highest BCUT2D eigenvalue weighted by Gasteiger charge is 2.45. The predicted octanol–water partition coefficient (Wildman–Crippen LogP) is 0.842. The van der Waals surface area contributed by atoms with Gasteiger partial charge in [0.2, 0.25) is 5.91 Å². The summed E-state index contributed by atoms with van der Waals surface area (Å²) in [5, 5.41) is 12.6. The molecule has 5 nitrogen and oxygen atoms in total. The molecule has 18 heavy (non-hydrogen) atoms. The van der Waals surface area contributed by atoms with Gasteiger partial charge in [-0.1, -0.05) is 0 Å². The summed E-state index contributed by atoms with van der Waals surface area (Å²) in [6.45, 7) is 3.91. The van der Waals surface area contributed by atoms with Crippen molar-refractivity contribution in [2.45, 2.75) is 44.6 Å². The summed E-state index contributed by atoms with van der Waals surface area (Å²) in [6.07, 6.45) is 4.23. The number of hydrogen-bond acceptors (Lipinski definition) is 3. The number of nitrogens with zero attached hydrogens (tertiary/aromatic N) is 1. The van der Waals surface area contributed by atoms with Gasteiger partial charge in [-0.25, -0.2) is 4.79 Å². The minimum Gasteiger partial charge on any atom is -0.480 e. The van der Waals surface area contributed by atoms with Gasteiger partial charge >= 0.3 is 5.97 Å². The Kier molecular flexibility index (Phi) is 3.90.